The molecule has 0 spiro atoms. The van der Waals surface area contributed by atoms with Crippen LogP contribution in [-0.2, 0) is 12.8 Å². The molecule has 1 aromatic heterocycles. The van der Waals surface area contributed by atoms with Gasteiger partial charge < -0.3 is 15.2 Å². The van der Waals surface area contributed by atoms with Gasteiger partial charge in [0.25, 0.3) is 11.8 Å². The Labute approximate surface area is 177 Å². The second-order valence-corrected chi connectivity index (χ2v) is 8.20. The number of hydrogen-bond donors (Lipinski definition) is 2. The summed E-state index contributed by atoms with van der Waals surface area (Å²) in [6.45, 7) is 7.58. The standard InChI is InChI=1S/C25H29N3O2/c1-4-28(5-2)25(30)17-7-10-19(11-8-17)26-24(29)18-9-13-23-21(15-18)20-14-16(3)6-12-22(20)27-23/h7-11,13,15-16,27H,4-6,12,14H2,1-3H3,(H,26,29)/t16-/m0/s1. The van der Waals surface area contributed by atoms with E-state index in [1.807, 2.05) is 32.0 Å². The molecule has 0 bridgehead atoms. The summed E-state index contributed by atoms with van der Waals surface area (Å²) in [4.78, 5) is 30.6. The number of hydrogen-bond acceptors (Lipinski definition) is 2. The number of nitrogens with one attached hydrogen (secondary N) is 2. The number of aromatic amines is 1. The largest absolute Gasteiger partial charge is 0.358 e. The molecular formula is C25H29N3O2. The van der Waals surface area contributed by atoms with Gasteiger partial charge in [-0.15, -0.1) is 0 Å². The van der Waals surface area contributed by atoms with Crippen molar-refractivity contribution >= 4 is 28.4 Å². The Morgan fingerprint density at radius 3 is 2.47 bits per heavy atom. The molecule has 156 valence electrons. The molecule has 2 aromatic carbocycles. The molecule has 3 aromatic rings. The summed E-state index contributed by atoms with van der Waals surface area (Å²) in [6, 6.07) is 13.0. The summed E-state index contributed by atoms with van der Waals surface area (Å²) in [5.41, 5.74) is 5.73. The van der Waals surface area contributed by atoms with Gasteiger partial charge in [-0.3, -0.25) is 9.59 Å². The number of aromatic nitrogens is 1. The van der Waals surface area contributed by atoms with Gasteiger partial charge in [-0.1, -0.05) is 6.92 Å². The van der Waals surface area contributed by atoms with Crippen molar-refractivity contribution in [3.8, 4) is 0 Å². The van der Waals surface area contributed by atoms with Crippen molar-refractivity contribution in [1.82, 2.24) is 9.88 Å². The van der Waals surface area contributed by atoms with Crippen LogP contribution < -0.4 is 5.32 Å². The maximum atomic E-state index is 12.8. The molecule has 0 saturated carbocycles. The molecule has 30 heavy (non-hydrogen) atoms. The predicted octanol–water partition coefficient (Wildman–Crippen LogP) is 5.03. The maximum Gasteiger partial charge on any atom is 0.255 e. The van der Waals surface area contributed by atoms with Gasteiger partial charge in [0.15, 0.2) is 0 Å². The number of fused-ring (bicyclic) bond motifs is 3. The number of carbonyl (C=O) groups is 2. The average Bonchev–Trinajstić information content (AvgIpc) is 3.12. The molecule has 5 nitrogen and oxygen atoms in total. The van der Waals surface area contributed by atoms with E-state index in [0.29, 0.717) is 35.8 Å². The highest BCUT2D eigenvalue weighted by atomic mass is 16.2. The third kappa shape index (κ3) is 3.84. The van der Waals surface area contributed by atoms with Gasteiger partial charge >= 0.3 is 0 Å². The lowest BCUT2D eigenvalue weighted by molar-refractivity contribution is 0.0773. The van der Waals surface area contributed by atoms with Crippen molar-refractivity contribution in [3.05, 3.63) is 64.8 Å². The molecule has 1 atom stereocenters. The van der Waals surface area contributed by atoms with E-state index in [4.69, 9.17) is 0 Å². The Hall–Kier alpha value is -3.08. The molecule has 0 saturated heterocycles. The number of aryl methyl sites for hydroxylation is 1. The minimum Gasteiger partial charge on any atom is -0.358 e. The lowest BCUT2D eigenvalue weighted by Crippen LogP contribution is -2.30. The molecule has 0 aliphatic heterocycles. The molecule has 2 N–H and O–H groups in total. The van der Waals surface area contributed by atoms with Crippen LogP contribution in [0.4, 0.5) is 5.69 Å². The molecule has 4 rings (SSSR count). The fraction of sp³-hybridized carbons (Fsp3) is 0.360. The Morgan fingerprint density at radius 1 is 1.07 bits per heavy atom. The smallest absolute Gasteiger partial charge is 0.255 e. The van der Waals surface area contributed by atoms with Crippen LogP contribution in [0.5, 0.6) is 0 Å². The Balaban J connectivity index is 1.52. The van der Waals surface area contributed by atoms with E-state index in [0.717, 1.165) is 23.7 Å². The lowest BCUT2D eigenvalue weighted by Gasteiger charge is -2.18. The number of anilines is 1. The molecule has 1 heterocycles. The van der Waals surface area contributed by atoms with Crippen LogP contribution in [0.3, 0.4) is 0 Å². The van der Waals surface area contributed by atoms with E-state index >= 15 is 0 Å². The minimum absolute atomic E-state index is 0.00906. The molecule has 5 heteroatoms. The van der Waals surface area contributed by atoms with Gasteiger partial charge in [0.1, 0.15) is 0 Å². The summed E-state index contributed by atoms with van der Waals surface area (Å²) in [7, 11) is 0. The molecule has 0 unspecified atom stereocenters. The average molecular weight is 404 g/mol. The first-order valence-corrected chi connectivity index (χ1v) is 10.8. The second-order valence-electron chi connectivity index (χ2n) is 8.20. The van der Waals surface area contributed by atoms with Crippen molar-refractivity contribution in [2.24, 2.45) is 5.92 Å². The van der Waals surface area contributed by atoms with Crippen LogP contribution in [0.2, 0.25) is 0 Å². The third-order valence-corrected chi connectivity index (χ3v) is 6.14. The SMILES string of the molecule is CCN(CC)C(=O)c1ccc(NC(=O)c2ccc3[nH]c4c(c3c2)C[C@@H](C)CC4)cc1. The number of amides is 2. The van der Waals surface area contributed by atoms with E-state index in [-0.39, 0.29) is 11.8 Å². The predicted molar refractivity (Wildman–Crippen MR) is 121 cm³/mol. The molecule has 1 aliphatic carbocycles. The number of rotatable bonds is 5. The Kier molecular flexibility index (Phi) is 5.62. The van der Waals surface area contributed by atoms with Crippen molar-refractivity contribution < 1.29 is 9.59 Å². The minimum atomic E-state index is -0.140. The van der Waals surface area contributed by atoms with Gasteiger partial charge in [0.05, 0.1) is 0 Å². The van der Waals surface area contributed by atoms with Crippen LogP contribution in [-0.4, -0.2) is 34.8 Å². The quantitative estimate of drug-likeness (QED) is 0.628. The highest BCUT2D eigenvalue weighted by Gasteiger charge is 2.20. The first-order valence-electron chi connectivity index (χ1n) is 10.8. The number of nitrogens with zero attached hydrogens (tertiary/aromatic N) is 1. The fourth-order valence-corrected chi connectivity index (χ4v) is 4.33. The van der Waals surface area contributed by atoms with E-state index < -0.39 is 0 Å². The van der Waals surface area contributed by atoms with E-state index in [2.05, 4.69) is 17.2 Å². The van der Waals surface area contributed by atoms with Crippen LogP contribution >= 0.6 is 0 Å². The van der Waals surface area contributed by atoms with Crippen LogP contribution in [0, 0.1) is 5.92 Å². The lowest BCUT2D eigenvalue weighted by atomic mass is 9.87. The van der Waals surface area contributed by atoms with Crippen LogP contribution in [0.1, 0.15) is 59.2 Å². The van der Waals surface area contributed by atoms with Gasteiger partial charge in [-0.2, -0.15) is 0 Å². The zero-order chi connectivity index (χ0) is 21.3. The maximum absolute atomic E-state index is 12.8. The first kappa shape index (κ1) is 20.2. The first-order chi connectivity index (χ1) is 14.5. The van der Waals surface area contributed by atoms with Crippen LogP contribution in [0.25, 0.3) is 10.9 Å². The fourth-order valence-electron chi connectivity index (χ4n) is 4.33. The molecule has 0 fully saturated rings. The molecule has 2 amide bonds. The van der Waals surface area contributed by atoms with Crippen LogP contribution in [0.15, 0.2) is 42.5 Å². The summed E-state index contributed by atoms with van der Waals surface area (Å²) in [5.74, 6) is 0.542. The zero-order valence-corrected chi connectivity index (χ0v) is 17.9. The Morgan fingerprint density at radius 2 is 1.77 bits per heavy atom. The van der Waals surface area contributed by atoms with E-state index in [1.54, 1.807) is 29.2 Å². The van der Waals surface area contributed by atoms with Gasteiger partial charge in [-0.05, 0) is 87.1 Å². The topological polar surface area (TPSA) is 65.2 Å². The third-order valence-electron chi connectivity index (χ3n) is 6.14. The molecule has 0 radical (unpaired) electrons. The second kappa shape index (κ2) is 8.34. The zero-order valence-electron chi connectivity index (χ0n) is 17.9. The van der Waals surface area contributed by atoms with Gasteiger partial charge in [0.2, 0.25) is 0 Å². The van der Waals surface area contributed by atoms with Crippen molar-refractivity contribution in [3.63, 3.8) is 0 Å². The van der Waals surface area contributed by atoms with E-state index in [9.17, 15) is 9.59 Å². The van der Waals surface area contributed by atoms with Crippen molar-refractivity contribution in [2.75, 3.05) is 18.4 Å². The van der Waals surface area contributed by atoms with Crippen molar-refractivity contribution in [2.45, 2.75) is 40.0 Å². The van der Waals surface area contributed by atoms with E-state index in [1.165, 1.54) is 17.7 Å². The number of benzene rings is 2. The monoisotopic (exact) mass is 403 g/mol. The highest BCUT2D eigenvalue weighted by Crippen LogP contribution is 2.32. The van der Waals surface area contributed by atoms with Crippen molar-refractivity contribution in [1.29, 1.82) is 0 Å². The molecular weight excluding hydrogens is 374 g/mol. The van der Waals surface area contributed by atoms with Gasteiger partial charge in [-0.25, -0.2) is 0 Å². The highest BCUT2D eigenvalue weighted by molar-refractivity contribution is 6.07. The summed E-state index contributed by atoms with van der Waals surface area (Å²) < 4.78 is 0. The summed E-state index contributed by atoms with van der Waals surface area (Å²) in [6.07, 6.45) is 3.34. The summed E-state index contributed by atoms with van der Waals surface area (Å²) >= 11 is 0. The number of carbonyl (C=O) groups excluding carboxylic acids is 2. The number of H-pyrrole nitrogens is 1. The molecule has 1 aliphatic rings. The normalized spacial score (nSPS) is 15.6. The Bertz CT molecular complexity index is 1080. The summed E-state index contributed by atoms with van der Waals surface area (Å²) in [5, 5.41) is 4.11. The van der Waals surface area contributed by atoms with Gasteiger partial charge in [0, 0.05) is 46.5 Å².